The average Bonchev–Trinajstić information content (AvgIpc) is 2.55. The smallest absolute Gasteiger partial charge is 0.126 e. The van der Waals surface area contributed by atoms with Crippen LogP contribution in [-0.4, -0.2) is 11.1 Å². The van der Waals surface area contributed by atoms with Crippen LogP contribution in [0.3, 0.4) is 0 Å². The molecule has 1 heterocycles. The van der Waals surface area contributed by atoms with Gasteiger partial charge in [-0.1, -0.05) is 6.92 Å². The van der Waals surface area contributed by atoms with Gasteiger partial charge in [0.2, 0.25) is 0 Å². The molecule has 80 valence electrons. The average molecular weight is 203 g/mol. The third-order valence-electron chi connectivity index (χ3n) is 3.69. The molecular formula is C13H17NO. The Morgan fingerprint density at radius 3 is 2.93 bits per heavy atom. The van der Waals surface area contributed by atoms with Crippen molar-refractivity contribution in [3.8, 4) is 5.75 Å². The van der Waals surface area contributed by atoms with Crippen molar-refractivity contribution in [3.63, 3.8) is 0 Å². The van der Waals surface area contributed by atoms with E-state index in [1.807, 2.05) is 12.3 Å². The van der Waals surface area contributed by atoms with Crippen LogP contribution in [0, 0.1) is 0 Å². The molecule has 0 saturated heterocycles. The highest BCUT2D eigenvalue weighted by molar-refractivity contribution is 5.40. The van der Waals surface area contributed by atoms with E-state index in [1.54, 1.807) is 0 Å². The highest BCUT2D eigenvalue weighted by Crippen LogP contribution is 2.37. The minimum Gasteiger partial charge on any atom is -0.490 e. The first-order valence-corrected chi connectivity index (χ1v) is 5.99. The van der Waals surface area contributed by atoms with Crippen molar-refractivity contribution in [2.75, 3.05) is 0 Å². The van der Waals surface area contributed by atoms with Gasteiger partial charge >= 0.3 is 0 Å². The van der Waals surface area contributed by atoms with Gasteiger partial charge in [0.25, 0.3) is 0 Å². The van der Waals surface area contributed by atoms with E-state index in [9.17, 15) is 0 Å². The van der Waals surface area contributed by atoms with Gasteiger partial charge in [-0.2, -0.15) is 0 Å². The lowest BCUT2D eigenvalue weighted by molar-refractivity contribution is 0.119. The van der Waals surface area contributed by atoms with Crippen LogP contribution in [0.15, 0.2) is 12.3 Å². The summed E-state index contributed by atoms with van der Waals surface area (Å²) in [5.41, 5.74) is 2.64. The first kappa shape index (κ1) is 9.20. The van der Waals surface area contributed by atoms with Crippen LogP contribution < -0.4 is 4.74 Å². The largest absolute Gasteiger partial charge is 0.490 e. The summed E-state index contributed by atoms with van der Waals surface area (Å²) in [7, 11) is 0. The Hall–Kier alpha value is -1.05. The molecule has 3 rings (SSSR count). The van der Waals surface area contributed by atoms with Gasteiger partial charge in [-0.15, -0.1) is 0 Å². The van der Waals surface area contributed by atoms with E-state index in [1.165, 1.54) is 36.9 Å². The predicted octanol–water partition coefficient (Wildman–Crippen LogP) is 3.06. The topological polar surface area (TPSA) is 22.1 Å². The van der Waals surface area contributed by atoms with Crippen LogP contribution in [0.2, 0.25) is 0 Å². The number of hydrogen-bond donors (Lipinski definition) is 0. The van der Waals surface area contributed by atoms with Gasteiger partial charge in [-0.05, 0) is 44.1 Å². The number of rotatable bonds is 2. The zero-order chi connectivity index (χ0) is 10.3. The van der Waals surface area contributed by atoms with Crippen LogP contribution in [0.5, 0.6) is 5.75 Å². The number of fused-ring (bicyclic) bond motifs is 1. The van der Waals surface area contributed by atoms with Gasteiger partial charge in [-0.3, -0.25) is 4.98 Å². The lowest BCUT2D eigenvalue weighted by Crippen LogP contribution is -2.25. The van der Waals surface area contributed by atoms with E-state index >= 15 is 0 Å². The number of nitrogens with zero attached hydrogens (tertiary/aromatic N) is 1. The first-order chi connectivity index (χ1) is 7.34. The molecular weight excluding hydrogens is 186 g/mol. The molecule has 15 heavy (non-hydrogen) atoms. The van der Waals surface area contributed by atoms with Gasteiger partial charge in [0.15, 0.2) is 0 Å². The van der Waals surface area contributed by atoms with Crippen molar-refractivity contribution >= 4 is 0 Å². The number of pyridine rings is 1. The zero-order valence-electron chi connectivity index (χ0n) is 9.20. The summed E-state index contributed by atoms with van der Waals surface area (Å²) in [4.78, 5) is 4.47. The summed E-state index contributed by atoms with van der Waals surface area (Å²) in [6.07, 6.45) is 8.54. The summed E-state index contributed by atoms with van der Waals surface area (Å²) in [6.45, 7) is 2.26. The molecule has 0 bridgehead atoms. The molecule has 0 spiro atoms. The van der Waals surface area contributed by atoms with Crippen LogP contribution in [0.25, 0.3) is 0 Å². The van der Waals surface area contributed by atoms with E-state index in [4.69, 9.17) is 4.74 Å². The Kier molecular flexibility index (Phi) is 2.15. The fraction of sp³-hybridized carbons (Fsp3) is 0.615. The standard InChI is InChI=1S/C13H17NO/c1-9-5-6-11-12(7-8-14-13(9)11)15-10-3-2-4-10/h7-10H,2-6H2,1H3. The van der Waals surface area contributed by atoms with Crippen LogP contribution in [0.1, 0.15) is 49.8 Å². The minimum atomic E-state index is 0.479. The molecule has 1 unspecified atom stereocenters. The second kappa shape index (κ2) is 3.51. The third kappa shape index (κ3) is 1.52. The molecule has 2 aliphatic rings. The Morgan fingerprint density at radius 2 is 2.20 bits per heavy atom. The number of hydrogen-bond acceptors (Lipinski definition) is 2. The van der Waals surface area contributed by atoms with Gasteiger partial charge in [0, 0.05) is 11.8 Å². The molecule has 1 saturated carbocycles. The Bertz CT molecular complexity index is 371. The maximum absolute atomic E-state index is 6.00. The summed E-state index contributed by atoms with van der Waals surface area (Å²) >= 11 is 0. The molecule has 1 aromatic heterocycles. The Labute approximate surface area is 90.7 Å². The zero-order valence-corrected chi connectivity index (χ0v) is 9.20. The predicted molar refractivity (Wildman–Crippen MR) is 59.2 cm³/mol. The van der Waals surface area contributed by atoms with E-state index in [0.717, 1.165) is 12.2 Å². The van der Waals surface area contributed by atoms with E-state index in [0.29, 0.717) is 12.0 Å². The summed E-state index contributed by atoms with van der Waals surface area (Å²) < 4.78 is 6.00. The summed E-state index contributed by atoms with van der Waals surface area (Å²) in [6, 6.07) is 2.04. The van der Waals surface area contributed by atoms with Crippen molar-refractivity contribution in [2.45, 2.75) is 51.0 Å². The Morgan fingerprint density at radius 1 is 1.33 bits per heavy atom. The number of ether oxygens (including phenoxy) is 1. The van der Waals surface area contributed by atoms with Crippen LogP contribution in [-0.2, 0) is 6.42 Å². The van der Waals surface area contributed by atoms with Gasteiger partial charge in [0.05, 0.1) is 11.8 Å². The molecule has 2 nitrogen and oxygen atoms in total. The van der Waals surface area contributed by atoms with Crippen molar-refractivity contribution in [1.29, 1.82) is 0 Å². The summed E-state index contributed by atoms with van der Waals surface area (Å²) in [5, 5.41) is 0. The second-order valence-electron chi connectivity index (χ2n) is 4.78. The monoisotopic (exact) mass is 203 g/mol. The number of aromatic nitrogens is 1. The maximum atomic E-state index is 6.00. The highest BCUT2D eigenvalue weighted by Gasteiger charge is 2.26. The molecule has 0 aromatic carbocycles. The second-order valence-corrected chi connectivity index (χ2v) is 4.78. The van der Waals surface area contributed by atoms with Crippen molar-refractivity contribution < 1.29 is 4.74 Å². The van der Waals surface area contributed by atoms with Gasteiger partial charge in [-0.25, -0.2) is 0 Å². The van der Waals surface area contributed by atoms with Crippen LogP contribution >= 0.6 is 0 Å². The van der Waals surface area contributed by atoms with Gasteiger partial charge in [0.1, 0.15) is 5.75 Å². The van der Waals surface area contributed by atoms with Crippen molar-refractivity contribution in [3.05, 3.63) is 23.5 Å². The minimum absolute atomic E-state index is 0.479. The maximum Gasteiger partial charge on any atom is 0.126 e. The normalized spacial score (nSPS) is 24.7. The van der Waals surface area contributed by atoms with Crippen molar-refractivity contribution in [1.82, 2.24) is 4.98 Å². The molecule has 1 fully saturated rings. The summed E-state index contributed by atoms with van der Waals surface area (Å²) in [5.74, 6) is 1.72. The molecule has 2 aliphatic carbocycles. The van der Waals surface area contributed by atoms with E-state index < -0.39 is 0 Å². The molecule has 1 aromatic rings. The lowest BCUT2D eigenvalue weighted by Gasteiger charge is -2.27. The van der Waals surface area contributed by atoms with E-state index in [-0.39, 0.29) is 0 Å². The lowest BCUT2D eigenvalue weighted by atomic mass is 9.96. The van der Waals surface area contributed by atoms with Crippen molar-refractivity contribution in [2.24, 2.45) is 0 Å². The van der Waals surface area contributed by atoms with Crippen LogP contribution in [0.4, 0.5) is 0 Å². The SMILES string of the molecule is CC1CCc2c(OC3CCC3)ccnc21. The molecule has 0 amide bonds. The third-order valence-corrected chi connectivity index (χ3v) is 3.69. The Balaban J connectivity index is 1.88. The fourth-order valence-electron chi connectivity index (χ4n) is 2.44. The van der Waals surface area contributed by atoms with Gasteiger partial charge < -0.3 is 4.74 Å². The molecule has 1 atom stereocenters. The molecule has 2 heteroatoms. The first-order valence-electron chi connectivity index (χ1n) is 5.99. The molecule has 0 radical (unpaired) electrons. The van der Waals surface area contributed by atoms with E-state index in [2.05, 4.69) is 11.9 Å². The molecule has 0 N–H and O–H groups in total. The molecule has 0 aliphatic heterocycles. The fourth-order valence-corrected chi connectivity index (χ4v) is 2.44. The highest BCUT2D eigenvalue weighted by atomic mass is 16.5. The quantitative estimate of drug-likeness (QED) is 0.737.